The molecular weight excluding hydrogens is 283 g/mol. The topological polar surface area (TPSA) is 0 Å². The van der Waals surface area contributed by atoms with Crippen LogP contribution in [0.5, 0.6) is 0 Å². The van der Waals surface area contributed by atoms with Crippen LogP contribution < -0.4 is 34.0 Å². The molecule has 0 bridgehead atoms. The summed E-state index contributed by atoms with van der Waals surface area (Å²) in [7, 11) is 0. The van der Waals surface area contributed by atoms with Gasteiger partial charge < -0.3 is 34.0 Å². The number of rotatable bonds is 2. The zero-order chi connectivity index (χ0) is 4.12. The third-order valence-corrected chi connectivity index (χ3v) is 1.18. The van der Waals surface area contributed by atoms with Crippen LogP contribution in [0, 0.1) is 0 Å². The van der Waals surface area contributed by atoms with Gasteiger partial charge >= 0.3 is 41.8 Å². The van der Waals surface area contributed by atoms with Gasteiger partial charge in [-0.05, 0) is 0 Å². The van der Waals surface area contributed by atoms with Crippen LogP contribution in [0.15, 0.2) is 0 Å². The second-order valence-corrected chi connectivity index (χ2v) is 2.02. The Balaban J connectivity index is -0.0000000800. The molecule has 2 radical (unpaired) electrons. The van der Waals surface area contributed by atoms with E-state index in [1.54, 1.807) is 0 Å². The van der Waals surface area contributed by atoms with Crippen molar-refractivity contribution in [1.29, 1.82) is 0 Å². The van der Waals surface area contributed by atoms with Crippen LogP contribution >= 0.6 is 0 Å². The first-order chi connectivity index (χ1) is 2.41. The minimum Gasteiger partial charge on any atom is -1.00 e. The molecule has 0 aliphatic carbocycles. The molecule has 0 aromatic rings. The molecule has 0 fully saturated rings. The predicted octanol–water partition coefficient (Wildman–Crippen LogP) is -4.62. The molecule has 0 aliphatic heterocycles. The zero-order valence-corrected chi connectivity index (χ0v) is 9.37. The van der Waals surface area contributed by atoms with Crippen LogP contribution in [-0.4, -0.2) is 16.9 Å². The van der Waals surface area contributed by atoms with Crippen LogP contribution in [0.2, 0.25) is 5.21 Å². The number of unbranched alkanes of at least 4 members (excludes halogenated alkanes) is 1. The van der Waals surface area contributed by atoms with Crippen molar-refractivity contribution in [3.05, 3.63) is 0 Å². The molecule has 0 aromatic carbocycles. The van der Waals surface area contributed by atoms with E-state index in [9.17, 15) is 0 Å². The predicted molar refractivity (Wildman–Crippen MR) is 25.5 cm³/mol. The molecule has 7 heavy (non-hydrogen) atoms. The fourth-order valence-corrected chi connectivity index (χ4v) is 0.822. The van der Waals surface area contributed by atoms with Gasteiger partial charge in [-0.25, -0.2) is 0 Å². The van der Waals surface area contributed by atoms with Crippen molar-refractivity contribution in [3.8, 4) is 0 Å². The molecule has 0 saturated carbocycles. The molecule has 0 amide bonds. The number of hydrogen-bond donors (Lipinski definition) is 0. The van der Waals surface area contributed by atoms with E-state index < -0.39 is 0 Å². The minimum absolute atomic E-state index is 0. The van der Waals surface area contributed by atoms with E-state index in [4.69, 9.17) is 0 Å². The van der Waals surface area contributed by atoms with Gasteiger partial charge in [0.15, 0.2) is 0 Å². The molecule has 0 N–H and O–H groups in total. The van der Waals surface area contributed by atoms with Gasteiger partial charge in [0.25, 0.3) is 0 Å². The Morgan fingerprint density at radius 2 is 1.71 bits per heavy atom. The van der Waals surface area contributed by atoms with E-state index in [0.29, 0.717) is 0 Å². The van der Waals surface area contributed by atoms with Crippen molar-refractivity contribution >= 4 is 16.9 Å². The summed E-state index contributed by atoms with van der Waals surface area (Å²) in [5.41, 5.74) is 0. The first kappa shape index (κ1) is 15.8. The minimum atomic E-state index is 0. The normalized spacial score (nSPS) is 6.00. The Morgan fingerprint density at radius 1 is 1.29 bits per heavy atom. The van der Waals surface area contributed by atoms with Crippen molar-refractivity contribution in [2.45, 2.75) is 25.0 Å². The maximum atomic E-state index is 2.58. The Bertz CT molecular complexity index is 17.2. The van der Waals surface area contributed by atoms with Gasteiger partial charge in [0.05, 0.1) is 0 Å². The second kappa shape index (κ2) is 15.6. The first-order valence-corrected chi connectivity index (χ1v) is 3.35. The summed E-state index contributed by atoms with van der Waals surface area (Å²) in [6.07, 6.45) is 2.69. The second-order valence-electron chi connectivity index (χ2n) is 1.08. The Hall–Kier alpha value is 1.52. The largest absolute Gasteiger partial charge is 1.00 e. The van der Waals surface area contributed by atoms with Crippen LogP contribution in [0.25, 0.3) is 0 Å². The molecule has 0 spiro atoms. The summed E-state index contributed by atoms with van der Waals surface area (Å²) < 4.78 is 0. The number of halogens is 2. The van der Waals surface area contributed by atoms with Crippen molar-refractivity contribution in [2.24, 2.45) is 0 Å². The summed E-state index contributed by atoms with van der Waals surface area (Å²) in [4.78, 5) is 0. The molecule has 0 aliphatic rings. The summed E-state index contributed by atoms with van der Waals surface area (Å²) in [6, 6.07) is 0. The molecular formula is C4H9AsBr2-2. The third-order valence-electron chi connectivity index (χ3n) is 0.512. The van der Waals surface area contributed by atoms with Crippen LogP contribution in [0.4, 0.5) is 0 Å². The summed E-state index contributed by atoms with van der Waals surface area (Å²) in [5, 5.41) is 1.28. The zero-order valence-electron chi connectivity index (χ0n) is 4.32. The van der Waals surface area contributed by atoms with Crippen molar-refractivity contribution in [2.75, 3.05) is 0 Å². The summed E-state index contributed by atoms with van der Waals surface area (Å²) >= 11 is 2.58. The van der Waals surface area contributed by atoms with Crippen LogP contribution in [0.1, 0.15) is 19.8 Å². The molecule has 0 nitrogen and oxygen atoms in total. The molecule has 0 aromatic heterocycles. The van der Waals surface area contributed by atoms with E-state index in [1.807, 2.05) is 0 Å². The maximum absolute atomic E-state index is 2.58. The molecule has 0 heterocycles. The standard InChI is InChI=1S/C4H9As.2BrH/c1-2-3-4-5;;/h2-4H2,1H3;2*1H/p-2. The van der Waals surface area contributed by atoms with E-state index in [2.05, 4.69) is 23.8 Å². The molecule has 0 unspecified atom stereocenters. The Kier molecular flexibility index (Phi) is 35.3. The summed E-state index contributed by atoms with van der Waals surface area (Å²) in [6.45, 7) is 2.20. The van der Waals surface area contributed by atoms with Crippen molar-refractivity contribution < 1.29 is 34.0 Å². The third kappa shape index (κ3) is 18.5. The van der Waals surface area contributed by atoms with Gasteiger partial charge in [-0.3, -0.25) is 0 Å². The maximum Gasteiger partial charge on any atom is -1.00 e. The van der Waals surface area contributed by atoms with Crippen molar-refractivity contribution in [3.63, 3.8) is 0 Å². The van der Waals surface area contributed by atoms with Gasteiger partial charge in [-0.2, -0.15) is 0 Å². The van der Waals surface area contributed by atoms with Crippen molar-refractivity contribution in [1.82, 2.24) is 0 Å². The molecule has 0 saturated heterocycles. The molecule has 0 atom stereocenters. The fraction of sp³-hybridized carbons (Fsp3) is 1.00. The van der Waals surface area contributed by atoms with Gasteiger partial charge in [-0.15, -0.1) is 0 Å². The SMILES string of the molecule is CCCC[As].[Br-].[Br-]. The number of hydrogen-bond acceptors (Lipinski definition) is 0. The fourth-order valence-electron chi connectivity index (χ4n) is 0.158. The van der Waals surface area contributed by atoms with Gasteiger partial charge in [0, 0.05) is 0 Å². The van der Waals surface area contributed by atoms with E-state index >= 15 is 0 Å². The average Bonchev–Trinajstić information content (AvgIpc) is 1.41. The van der Waals surface area contributed by atoms with E-state index in [0.717, 1.165) is 0 Å². The molecule has 46 valence electrons. The summed E-state index contributed by atoms with van der Waals surface area (Å²) in [5.74, 6) is 0. The quantitative estimate of drug-likeness (QED) is 0.449. The smallest absolute Gasteiger partial charge is 1.00 e. The Labute approximate surface area is 75.5 Å². The Morgan fingerprint density at radius 3 is 1.71 bits per heavy atom. The van der Waals surface area contributed by atoms with Crippen LogP contribution in [-0.2, 0) is 0 Å². The average molecular weight is 292 g/mol. The van der Waals surface area contributed by atoms with E-state index in [-0.39, 0.29) is 34.0 Å². The van der Waals surface area contributed by atoms with Gasteiger partial charge in [0.1, 0.15) is 0 Å². The first-order valence-electron chi connectivity index (χ1n) is 2.02. The van der Waals surface area contributed by atoms with Crippen LogP contribution in [0.3, 0.4) is 0 Å². The van der Waals surface area contributed by atoms with E-state index in [1.165, 1.54) is 18.1 Å². The van der Waals surface area contributed by atoms with Gasteiger partial charge in [-0.1, -0.05) is 0 Å². The van der Waals surface area contributed by atoms with Gasteiger partial charge in [0.2, 0.25) is 0 Å². The molecule has 3 heteroatoms. The molecule has 0 rings (SSSR count). The monoisotopic (exact) mass is 290 g/mol.